The normalized spacial score (nSPS) is 27.4. The van der Waals surface area contributed by atoms with Crippen molar-refractivity contribution in [1.82, 2.24) is 10.3 Å². The minimum Gasteiger partial charge on any atom is -0.294 e. The summed E-state index contributed by atoms with van der Waals surface area (Å²) in [6.45, 7) is 4.42. The Kier molecular flexibility index (Phi) is 3.62. The SMILES string of the molecule is CC1(C)C2C(=O)N(CCCCCC(=O)NN)C(=O)C21. The summed E-state index contributed by atoms with van der Waals surface area (Å²) in [6, 6.07) is 0. The maximum atomic E-state index is 12.0. The summed E-state index contributed by atoms with van der Waals surface area (Å²) < 4.78 is 0. The van der Waals surface area contributed by atoms with Crippen LogP contribution < -0.4 is 11.3 Å². The number of fused-ring (bicyclic) bond motifs is 1. The highest BCUT2D eigenvalue weighted by Gasteiger charge is 2.72. The minimum absolute atomic E-state index is 0.0142. The van der Waals surface area contributed by atoms with Gasteiger partial charge >= 0.3 is 0 Å². The topological polar surface area (TPSA) is 92.5 Å². The number of hydrazine groups is 1. The van der Waals surface area contributed by atoms with E-state index < -0.39 is 0 Å². The molecule has 0 radical (unpaired) electrons. The number of piperidine rings is 1. The Morgan fingerprint density at radius 1 is 1.21 bits per heavy atom. The van der Waals surface area contributed by atoms with Crippen LogP contribution in [0.2, 0.25) is 0 Å². The van der Waals surface area contributed by atoms with Crippen LogP contribution in [-0.4, -0.2) is 29.2 Å². The predicted molar refractivity (Wildman–Crippen MR) is 68.3 cm³/mol. The van der Waals surface area contributed by atoms with Gasteiger partial charge in [0.1, 0.15) is 0 Å². The highest BCUT2D eigenvalue weighted by molar-refractivity contribution is 6.10. The second kappa shape index (κ2) is 4.92. The van der Waals surface area contributed by atoms with Crippen molar-refractivity contribution in [1.29, 1.82) is 0 Å². The number of hydrogen-bond acceptors (Lipinski definition) is 4. The van der Waals surface area contributed by atoms with Crippen LogP contribution >= 0.6 is 0 Å². The van der Waals surface area contributed by atoms with Gasteiger partial charge < -0.3 is 0 Å². The quantitative estimate of drug-likeness (QED) is 0.236. The van der Waals surface area contributed by atoms with Crippen LogP contribution in [0.3, 0.4) is 0 Å². The summed E-state index contributed by atoms with van der Waals surface area (Å²) in [5.74, 6) is 4.57. The van der Waals surface area contributed by atoms with Gasteiger partial charge in [-0.05, 0) is 18.3 Å². The van der Waals surface area contributed by atoms with Crippen LogP contribution in [0, 0.1) is 17.3 Å². The number of nitrogens with zero attached hydrogens (tertiary/aromatic N) is 1. The van der Waals surface area contributed by atoms with E-state index in [-0.39, 0.29) is 35.0 Å². The van der Waals surface area contributed by atoms with E-state index in [1.165, 1.54) is 4.90 Å². The van der Waals surface area contributed by atoms with E-state index in [9.17, 15) is 14.4 Å². The van der Waals surface area contributed by atoms with Crippen molar-refractivity contribution in [3.8, 4) is 0 Å². The second-order valence-corrected chi connectivity index (χ2v) is 5.98. The third kappa shape index (κ3) is 2.36. The number of imide groups is 1. The lowest BCUT2D eigenvalue weighted by Gasteiger charge is -2.20. The van der Waals surface area contributed by atoms with Crippen molar-refractivity contribution in [3.05, 3.63) is 0 Å². The number of nitrogens with two attached hydrogens (primary N) is 1. The number of likely N-dealkylation sites (tertiary alicyclic amines) is 1. The number of nitrogens with one attached hydrogen (secondary N) is 1. The van der Waals surface area contributed by atoms with Crippen molar-refractivity contribution in [2.24, 2.45) is 23.1 Å². The fourth-order valence-corrected chi connectivity index (χ4v) is 3.03. The smallest absolute Gasteiger partial charge is 0.233 e. The number of unbranched alkanes of at least 4 members (excludes halogenated alkanes) is 2. The van der Waals surface area contributed by atoms with Gasteiger partial charge in [-0.2, -0.15) is 0 Å². The van der Waals surface area contributed by atoms with E-state index in [0.717, 1.165) is 19.3 Å². The first kappa shape index (κ1) is 14.0. The molecule has 19 heavy (non-hydrogen) atoms. The lowest BCUT2D eigenvalue weighted by atomic mass is 10.1. The van der Waals surface area contributed by atoms with Crippen molar-refractivity contribution in [2.45, 2.75) is 39.5 Å². The summed E-state index contributed by atoms with van der Waals surface area (Å²) in [4.78, 5) is 36.3. The van der Waals surface area contributed by atoms with Crippen molar-refractivity contribution in [2.75, 3.05) is 6.54 Å². The van der Waals surface area contributed by atoms with Crippen LogP contribution in [0.5, 0.6) is 0 Å². The van der Waals surface area contributed by atoms with Gasteiger partial charge in [-0.1, -0.05) is 20.3 Å². The molecule has 0 aromatic heterocycles. The molecular weight excluding hydrogens is 246 g/mol. The molecule has 6 nitrogen and oxygen atoms in total. The number of rotatable bonds is 6. The molecule has 0 spiro atoms. The minimum atomic E-state index is -0.184. The van der Waals surface area contributed by atoms with Crippen LogP contribution in [0.25, 0.3) is 0 Å². The van der Waals surface area contributed by atoms with E-state index in [1.54, 1.807) is 0 Å². The Morgan fingerprint density at radius 2 is 1.79 bits per heavy atom. The Labute approximate surface area is 112 Å². The zero-order valence-electron chi connectivity index (χ0n) is 11.4. The first-order valence-electron chi connectivity index (χ1n) is 6.76. The van der Waals surface area contributed by atoms with Gasteiger partial charge in [-0.15, -0.1) is 0 Å². The van der Waals surface area contributed by atoms with Gasteiger partial charge in [0.2, 0.25) is 17.7 Å². The molecule has 2 unspecified atom stereocenters. The zero-order valence-corrected chi connectivity index (χ0v) is 11.4. The number of carbonyl (C=O) groups excluding carboxylic acids is 3. The summed E-state index contributed by atoms with van der Waals surface area (Å²) >= 11 is 0. The maximum Gasteiger partial charge on any atom is 0.233 e. The molecule has 2 fully saturated rings. The first-order chi connectivity index (χ1) is 8.91. The Hall–Kier alpha value is -1.43. The number of carbonyl (C=O) groups is 3. The molecule has 1 aliphatic heterocycles. The predicted octanol–water partition coefficient (Wildman–Crippen LogP) is 0.178. The van der Waals surface area contributed by atoms with E-state index in [4.69, 9.17) is 5.84 Å². The largest absolute Gasteiger partial charge is 0.294 e. The van der Waals surface area contributed by atoms with Crippen LogP contribution in [0.1, 0.15) is 39.5 Å². The van der Waals surface area contributed by atoms with Gasteiger partial charge in [0.25, 0.3) is 0 Å². The molecule has 2 aliphatic rings. The lowest BCUT2D eigenvalue weighted by Crippen LogP contribution is -2.37. The van der Waals surface area contributed by atoms with E-state index in [2.05, 4.69) is 5.43 Å². The fourth-order valence-electron chi connectivity index (χ4n) is 3.03. The molecule has 3 N–H and O–H groups in total. The van der Waals surface area contributed by atoms with Crippen molar-refractivity contribution >= 4 is 17.7 Å². The molecule has 0 aromatic carbocycles. The molecule has 106 valence electrons. The molecule has 0 aromatic rings. The summed E-state index contributed by atoms with van der Waals surface area (Å²) in [6.07, 6.45) is 2.66. The van der Waals surface area contributed by atoms with E-state index >= 15 is 0 Å². The van der Waals surface area contributed by atoms with Gasteiger partial charge in [0, 0.05) is 13.0 Å². The summed E-state index contributed by atoms with van der Waals surface area (Å²) in [7, 11) is 0. The molecule has 1 saturated carbocycles. The third-order valence-electron chi connectivity index (χ3n) is 4.34. The Morgan fingerprint density at radius 3 is 2.32 bits per heavy atom. The number of amides is 3. The molecule has 6 heteroatoms. The van der Waals surface area contributed by atoms with E-state index in [0.29, 0.717) is 13.0 Å². The van der Waals surface area contributed by atoms with E-state index in [1.807, 2.05) is 13.8 Å². The Balaban J connectivity index is 1.70. The third-order valence-corrected chi connectivity index (χ3v) is 4.34. The molecule has 2 atom stereocenters. The summed E-state index contributed by atoms with van der Waals surface area (Å²) in [5, 5.41) is 0. The summed E-state index contributed by atoms with van der Waals surface area (Å²) in [5.41, 5.74) is 1.94. The highest BCUT2D eigenvalue weighted by atomic mass is 16.2. The maximum absolute atomic E-state index is 12.0. The first-order valence-corrected chi connectivity index (χ1v) is 6.76. The second-order valence-electron chi connectivity index (χ2n) is 5.98. The molecule has 3 amide bonds. The average Bonchev–Trinajstić information content (AvgIpc) is 2.83. The zero-order chi connectivity index (χ0) is 14.2. The van der Waals surface area contributed by atoms with Gasteiger partial charge in [0.15, 0.2) is 0 Å². The molecule has 1 aliphatic carbocycles. The van der Waals surface area contributed by atoms with Crippen LogP contribution in [-0.2, 0) is 14.4 Å². The van der Waals surface area contributed by atoms with Crippen LogP contribution in [0.4, 0.5) is 0 Å². The Bertz CT molecular complexity index is 395. The van der Waals surface area contributed by atoms with Crippen molar-refractivity contribution in [3.63, 3.8) is 0 Å². The molecular formula is C13H21N3O3. The fraction of sp³-hybridized carbons (Fsp3) is 0.769. The van der Waals surface area contributed by atoms with Gasteiger partial charge in [0.05, 0.1) is 11.8 Å². The molecule has 0 bridgehead atoms. The van der Waals surface area contributed by atoms with Crippen LogP contribution in [0.15, 0.2) is 0 Å². The highest BCUT2D eigenvalue weighted by Crippen LogP contribution is 2.63. The number of hydrogen-bond donors (Lipinski definition) is 2. The van der Waals surface area contributed by atoms with Gasteiger partial charge in [-0.25, -0.2) is 5.84 Å². The lowest BCUT2D eigenvalue weighted by molar-refractivity contribution is -0.143. The standard InChI is InChI=1S/C13H21N3O3/c1-13(2)9-10(13)12(19)16(11(9)18)7-5-3-4-6-8(17)15-14/h9-10H,3-7,14H2,1-2H3,(H,15,17). The average molecular weight is 267 g/mol. The molecule has 1 saturated heterocycles. The van der Waals surface area contributed by atoms with Gasteiger partial charge in [-0.3, -0.25) is 24.7 Å². The monoisotopic (exact) mass is 267 g/mol. The molecule has 1 heterocycles. The molecule has 2 rings (SSSR count). The van der Waals surface area contributed by atoms with Crippen molar-refractivity contribution < 1.29 is 14.4 Å².